The maximum Gasteiger partial charge on any atom is 0.274 e. The van der Waals surface area contributed by atoms with Crippen LogP contribution in [0.3, 0.4) is 0 Å². The highest BCUT2D eigenvalue weighted by molar-refractivity contribution is 7.15. The van der Waals surface area contributed by atoms with Gasteiger partial charge in [-0.1, -0.05) is 25.3 Å². The van der Waals surface area contributed by atoms with Crippen molar-refractivity contribution in [2.24, 2.45) is 0 Å². The molecule has 0 unspecified atom stereocenters. The Kier molecular flexibility index (Phi) is 5.74. The van der Waals surface area contributed by atoms with E-state index < -0.39 is 0 Å². The fraction of sp³-hybridized carbons (Fsp3) is 0.435. The zero-order chi connectivity index (χ0) is 21.2. The number of likely N-dealkylation sites (tertiary alicyclic amines) is 1. The summed E-state index contributed by atoms with van der Waals surface area (Å²) >= 11 is 1.57. The number of imidazole rings is 2. The molecule has 1 fully saturated rings. The summed E-state index contributed by atoms with van der Waals surface area (Å²) in [4.78, 5) is 25.6. The predicted octanol–water partition coefficient (Wildman–Crippen LogP) is 4.05. The maximum atomic E-state index is 13.4. The first-order chi connectivity index (χ1) is 15.2. The molecule has 31 heavy (non-hydrogen) atoms. The highest BCUT2D eigenvalue weighted by Crippen LogP contribution is 2.21. The van der Waals surface area contributed by atoms with Crippen LogP contribution < -0.4 is 5.32 Å². The predicted molar refractivity (Wildman–Crippen MR) is 123 cm³/mol. The van der Waals surface area contributed by atoms with Crippen LogP contribution in [0.2, 0.25) is 0 Å². The van der Waals surface area contributed by atoms with Crippen LogP contribution in [0.1, 0.15) is 59.7 Å². The Morgan fingerprint density at radius 3 is 2.68 bits per heavy atom. The van der Waals surface area contributed by atoms with E-state index in [1.807, 2.05) is 33.0 Å². The number of fused-ring (bicyclic) bond motifs is 2. The Morgan fingerprint density at radius 1 is 1.06 bits per heavy atom. The van der Waals surface area contributed by atoms with Gasteiger partial charge in [0.1, 0.15) is 5.65 Å². The van der Waals surface area contributed by atoms with Gasteiger partial charge in [-0.15, -0.1) is 11.3 Å². The van der Waals surface area contributed by atoms with Crippen molar-refractivity contribution in [3.63, 3.8) is 0 Å². The Bertz CT molecular complexity index is 1200. The van der Waals surface area contributed by atoms with Crippen LogP contribution >= 0.6 is 11.3 Å². The molecule has 4 aromatic rings. The molecule has 0 atom stereocenters. The standard InChI is InChI=1S/C23H28N6OS/c1-17-8-7-9-20-25-18(16-29(17)20)14-24-15-19-21(26-23-28(19)12-13-31-23)22(30)27-10-5-3-2-4-6-11-27/h7-9,12-13,16,24H,2-6,10-11,14-15H2,1H3. The van der Waals surface area contributed by atoms with Crippen molar-refractivity contribution >= 4 is 27.9 Å². The Morgan fingerprint density at radius 2 is 1.87 bits per heavy atom. The molecular formula is C23H28N6OS. The fourth-order valence-electron chi connectivity index (χ4n) is 4.37. The van der Waals surface area contributed by atoms with Gasteiger partial charge in [-0.25, -0.2) is 9.97 Å². The van der Waals surface area contributed by atoms with Crippen LogP contribution in [0, 0.1) is 6.92 Å². The van der Waals surface area contributed by atoms with E-state index in [0.29, 0.717) is 18.8 Å². The number of nitrogens with zero attached hydrogens (tertiary/aromatic N) is 5. The quantitative estimate of drug-likeness (QED) is 0.513. The Labute approximate surface area is 185 Å². The monoisotopic (exact) mass is 436 g/mol. The van der Waals surface area contributed by atoms with Crippen molar-refractivity contribution in [2.45, 2.75) is 52.1 Å². The van der Waals surface area contributed by atoms with Crippen LogP contribution in [-0.4, -0.2) is 42.7 Å². The lowest BCUT2D eigenvalue weighted by atomic mass is 10.1. The van der Waals surface area contributed by atoms with Crippen molar-refractivity contribution in [2.75, 3.05) is 13.1 Å². The van der Waals surface area contributed by atoms with E-state index in [2.05, 4.69) is 28.9 Å². The summed E-state index contributed by atoms with van der Waals surface area (Å²) in [5, 5.41) is 5.50. The Balaban J connectivity index is 1.34. The second-order valence-electron chi connectivity index (χ2n) is 8.25. The topological polar surface area (TPSA) is 66.9 Å². The second-order valence-corrected chi connectivity index (χ2v) is 9.13. The van der Waals surface area contributed by atoms with Crippen molar-refractivity contribution in [1.29, 1.82) is 0 Å². The maximum absolute atomic E-state index is 13.4. The molecule has 162 valence electrons. The van der Waals surface area contributed by atoms with Gasteiger partial charge in [0.05, 0.1) is 11.4 Å². The number of pyridine rings is 1. The van der Waals surface area contributed by atoms with Gasteiger partial charge in [0, 0.05) is 49.6 Å². The summed E-state index contributed by atoms with van der Waals surface area (Å²) in [6.07, 6.45) is 9.91. The van der Waals surface area contributed by atoms with Crippen molar-refractivity contribution in [3.8, 4) is 0 Å². The van der Waals surface area contributed by atoms with Gasteiger partial charge in [-0.05, 0) is 31.9 Å². The fourth-order valence-corrected chi connectivity index (χ4v) is 5.10. The molecule has 0 spiro atoms. The lowest BCUT2D eigenvalue weighted by Gasteiger charge is -2.24. The molecule has 1 aliphatic heterocycles. The molecule has 1 N–H and O–H groups in total. The lowest BCUT2D eigenvalue weighted by Crippen LogP contribution is -2.35. The van der Waals surface area contributed by atoms with E-state index in [0.717, 1.165) is 53.6 Å². The van der Waals surface area contributed by atoms with Crippen LogP contribution in [0.4, 0.5) is 0 Å². The highest BCUT2D eigenvalue weighted by Gasteiger charge is 2.24. The molecular weight excluding hydrogens is 408 g/mol. The van der Waals surface area contributed by atoms with Crippen molar-refractivity contribution in [1.82, 2.24) is 29.0 Å². The van der Waals surface area contributed by atoms with E-state index in [1.165, 1.54) is 19.3 Å². The number of thiazole rings is 1. The van der Waals surface area contributed by atoms with Gasteiger partial charge >= 0.3 is 0 Å². The third kappa shape index (κ3) is 4.09. The van der Waals surface area contributed by atoms with Gasteiger partial charge in [0.15, 0.2) is 10.7 Å². The molecule has 5 rings (SSSR count). The third-order valence-corrected chi connectivity index (χ3v) is 6.81. The van der Waals surface area contributed by atoms with Crippen LogP contribution in [0.5, 0.6) is 0 Å². The molecule has 1 saturated heterocycles. The summed E-state index contributed by atoms with van der Waals surface area (Å²) in [6, 6.07) is 6.12. The van der Waals surface area contributed by atoms with Crippen LogP contribution in [0.15, 0.2) is 36.0 Å². The number of hydrogen-bond acceptors (Lipinski definition) is 5. The zero-order valence-corrected chi connectivity index (χ0v) is 18.7. The summed E-state index contributed by atoms with van der Waals surface area (Å²) < 4.78 is 4.15. The summed E-state index contributed by atoms with van der Waals surface area (Å²) in [7, 11) is 0. The molecule has 1 amide bonds. The Hall–Kier alpha value is -2.71. The molecule has 4 aromatic heterocycles. The van der Waals surface area contributed by atoms with Crippen molar-refractivity contribution < 1.29 is 4.79 Å². The molecule has 7 nitrogen and oxygen atoms in total. The number of carbonyl (C=O) groups is 1. The first kappa shape index (κ1) is 20.2. The first-order valence-electron chi connectivity index (χ1n) is 11.1. The normalized spacial score (nSPS) is 15.5. The van der Waals surface area contributed by atoms with Gasteiger partial charge in [0.2, 0.25) is 0 Å². The van der Waals surface area contributed by atoms with Gasteiger partial charge in [0.25, 0.3) is 5.91 Å². The number of hydrogen-bond donors (Lipinski definition) is 1. The van der Waals surface area contributed by atoms with Gasteiger partial charge < -0.3 is 14.6 Å². The van der Waals surface area contributed by atoms with E-state index in [9.17, 15) is 4.79 Å². The van der Waals surface area contributed by atoms with E-state index in [4.69, 9.17) is 9.97 Å². The summed E-state index contributed by atoms with van der Waals surface area (Å²) in [5.41, 5.74) is 4.62. The third-order valence-electron chi connectivity index (χ3n) is 6.05. The van der Waals surface area contributed by atoms with Gasteiger partial charge in [-0.3, -0.25) is 9.20 Å². The minimum absolute atomic E-state index is 0.0676. The number of nitrogens with one attached hydrogen (secondary N) is 1. The zero-order valence-electron chi connectivity index (χ0n) is 17.9. The van der Waals surface area contributed by atoms with E-state index >= 15 is 0 Å². The molecule has 0 aromatic carbocycles. The minimum Gasteiger partial charge on any atom is -0.337 e. The molecule has 0 saturated carbocycles. The lowest BCUT2D eigenvalue weighted by molar-refractivity contribution is 0.0736. The number of rotatable bonds is 5. The molecule has 0 bridgehead atoms. The molecule has 0 radical (unpaired) electrons. The number of amides is 1. The number of carbonyl (C=O) groups excluding carboxylic acids is 1. The SMILES string of the molecule is Cc1cccc2nc(CNCc3c(C(=O)N4CCCCCCC4)nc4sccn34)cn12. The van der Waals surface area contributed by atoms with E-state index in [1.54, 1.807) is 11.3 Å². The van der Waals surface area contributed by atoms with Crippen LogP contribution in [-0.2, 0) is 13.1 Å². The van der Waals surface area contributed by atoms with E-state index in [-0.39, 0.29) is 5.91 Å². The second kappa shape index (κ2) is 8.80. The van der Waals surface area contributed by atoms with Gasteiger partial charge in [-0.2, -0.15) is 0 Å². The smallest absolute Gasteiger partial charge is 0.274 e. The molecule has 8 heteroatoms. The number of aryl methyl sites for hydroxylation is 1. The minimum atomic E-state index is 0.0676. The number of aromatic nitrogens is 4. The first-order valence-corrected chi connectivity index (χ1v) is 12.0. The largest absolute Gasteiger partial charge is 0.337 e. The molecule has 5 heterocycles. The summed E-state index contributed by atoms with van der Waals surface area (Å²) in [5.74, 6) is 0.0676. The molecule has 0 aliphatic carbocycles. The summed E-state index contributed by atoms with van der Waals surface area (Å²) in [6.45, 7) is 4.94. The van der Waals surface area contributed by atoms with Crippen LogP contribution in [0.25, 0.3) is 10.6 Å². The molecule has 1 aliphatic rings. The average molecular weight is 437 g/mol. The highest BCUT2D eigenvalue weighted by atomic mass is 32.1. The average Bonchev–Trinajstić information content (AvgIpc) is 3.43. The van der Waals surface area contributed by atoms with Crippen molar-refractivity contribution in [3.05, 3.63) is 58.7 Å².